The van der Waals surface area contributed by atoms with Crippen molar-refractivity contribution < 1.29 is 27.5 Å². The number of ether oxygens (including phenoxy) is 2. The maximum absolute atomic E-state index is 12.3. The minimum Gasteiger partial charge on any atom is -0.481 e. The van der Waals surface area contributed by atoms with Gasteiger partial charge in [-0.25, -0.2) is 17.9 Å². The van der Waals surface area contributed by atoms with Crippen LogP contribution in [-0.2, 0) is 19.6 Å². The second-order valence-electron chi connectivity index (χ2n) is 5.78. The maximum Gasteiger partial charge on any atom is 0.420 e. The molecule has 2 N–H and O–H groups in total. The molecule has 28 heavy (non-hydrogen) atoms. The summed E-state index contributed by atoms with van der Waals surface area (Å²) in [5, 5.41) is 3.19. The van der Waals surface area contributed by atoms with Gasteiger partial charge in [0.05, 0.1) is 12.0 Å². The van der Waals surface area contributed by atoms with Crippen molar-refractivity contribution in [2.75, 3.05) is 12.4 Å². The summed E-state index contributed by atoms with van der Waals surface area (Å²) in [6.45, 7) is 3.40. The Morgan fingerprint density at radius 2 is 1.75 bits per heavy atom. The van der Waals surface area contributed by atoms with Crippen LogP contribution in [0.15, 0.2) is 47.4 Å². The Morgan fingerprint density at radius 1 is 1.11 bits per heavy atom. The summed E-state index contributed by atoms with van der Waals surface area (Å²) in [5.41, 5.74) is 1.16. The first-order chi connectivity index (χ1) is 13.1. The molecule has 0 aliphatic carbocycles. The van der Waals surface area contributed by atoms with Crippen LogP contribution in [0.25, 0.3) is 0 Å². The lowest BCUT2D eigenvalue weighted by Crippen LogP contribution is -2.31. The monoisotopic (exact) mass is 426 g/mol. The van der Waals surface area contributed by atoms with Gasteiger partial charge in [-0.15, -0.1) is 0 Å². The molecule has 1 atom stereocenters. The number of carbonyl (C=O) groups is 2. The average molecular weight is 427 g/mol. The highest BCUT2D eigenvalue weighted by Crippen LogP contribution is 2.23. The lowest BCUT2D eigenvalue weighted by molar-refractivity contribution is -0.122. The molecule has 0 aliphatic rings. The summed E-state index contributed by atoms with van der Waals surface area (Å²) in [6, 6.07) is 10.3. The summed E-state index contributed by atoms with van der Waals surface area (Å²) in [7, 11) is -3.00. The van der Waals surface area contributed by atoms with Gasteiger partial charge in [-0.05, 0) is 61.9 Å². The van der Waals surface area contributed by atoms with E-state index in [0.717, 1.165) is 12.7 Å². The van der Waals surface area contributed by atoms with Gasteiger partial charge in [0.15, 0.2) is 6.10 Å². The minimum absolute atomic E-state index is 0.156. The predicted octanol–water partition coefficient (Wildman–Crippen LogP) is 3.10. The number of benzene rings is 2. The number of sulfonamides is 1. The van der Waals surface area contributed by atoms with Crippen LogP contribution in [0.2, 0.25) is 5.02 Å². The first-order valence-electron chi connectivity index (χ1n) is 8.07. The molecule has 2 amide bonds. The van der Waals surface area contributed by atoms with Gasteiger partial charge in [0.25, 0.3) is 15.9 Å². The largest absolute Gasteiger partial charge is 0.481 e. The molecule has 2 rings (SSSR count). The van der Waals surface area contributed by atoms with Gasteiger partial charge in [0.2, 0.25) is 0 Å². The molecule has 0 radical (unpaired) electrons. The number of carbonyl (C=O) groups excluding carboxylic acids is 2. The third-order valence-electron chi connectivity index (χ3n) is 3.65. The second kappa shape index (κ2) is 8.94. The lowest BCUT2D eigenvalue weighted by Gasteiger charge is -2.16. The molecule has 0 aromatic heterocycles. The van der Waals surface area contributed by atoms with E-state index in [1.54, 1.807) is 29.8 Å². The van der Waals surface area contributed by atoms with Crippen LogP contribution >= 0.6 is 11.6 Å². The molecular weight excluding hydrogens is 408 g/mol. The maximum atomic E-state index is 12.3. The Balaban J connectivity index is 2.03. The molecule has 150 valence electrons. The standard InChI is InChI=1S/C18H19ClN2O6S/c1-11-10-13(19)4-9-16(11)27-12(2)17(22)20-14-5-7-15(8-6-14)28(24,25)21-18(23)26-3/h4-10,12H,1-3H3,(H,20,22)(H,21,23)/t12-/m1/s1. The van der Waals surface area contributed by atoms with E-state index < -0.39 is 28.1 Å². The van der Waals surface area contributed by atoms with E-state index in [1.807, 2.05) is 6.92 Å². The van der Waals surface area contributed by atoms with Crippen LogP contribution in [0.5, 0.6) is 5.75 Å². The number of hydrogen-bond donors (Lipinski definition) is 2. The van der Waals surface area contributed by atoms with Crippen molar-refractivity contribution in [1.29, 1.82) is 0 Å². The van der Waals surface area contributed by atoms with Crippen molar-refractivity contribution in [3.63, 3.8) is 0 Å². The number of methoxy groups -OCH3 is 1. The highest BCUT2D eigenvalue weighted by Gasteiger charge is 2.19. The van der Waals surface area contributed by atoms with E-state index in [0.29, 0.717) is 16.5 Å². The van der Waals surface area contributed by atoms with Crippen LogP contribution in [0, 0.1) is 6.92 Å². The Kier molecular flexibility index (Phi) is 6.87. The number of hydrogen-bond acceptors (Lipinski definition) is 6. The van der Waals surface area contributed by atoms with Crippen LogP contribution < -0.4 is 14.8 Å². The zero-order valence-corrected chi connectivity index (χ0v) is 16.9. The molecule has 0 bridgehead atoms. The average Bonchev–Trinajstić information content (AvgIpc) is 2.63. The van der Waals surface area contributed by atoms with Crippen molar-refractivity contribution in [1.82, 2.24) is 4.72 Å². The Morgan fingerprint density at radius 3 is 2.32 bits per heavy atom. The van der Waals surface area contributed by atoms with E-state index in [2.05, 4.69) is 10.1 Å². The highest BCUT2D eigenvalue weighted by atomic mass is 35.5. The molecule has 0 fully saturated rings. The van der Waals surface area contributed by atoms with E-state index in [1.165, 1.54) is 24.3 Å². The fraction of sp³-hybridized carbons (Fsp3) is 0.222. The predicted molar refractivity (Wildman–Crippen MR) is 104 cm³/mol. The Labute approximate surface area is 167 Å². The first-order valence-corrected chi connectivity index (χ1v) is 9.93. The van der Waals surface area contributed by atoms with Gasteiger partial charge in [-0.1, -0.05) is 11.6 Å². The third-order valence-corrected chi connectivity index (χ3v) is 5.21. The van der Waals surface area contributed by atoms with Gasteiger partial charge < -0.3 is 14.8 Å². The van der Waals surface area contributed by atoms with Crippen molar-refractivity contribution in [3.05, 3.63) is 53.1 Å². The summed E-state index contributed by atoms with van der Waals surface area (Å²) >= 11 is 5.90. The lowest BCUT2D eigenvalue weighted by atomic mass is 10.2. The number of halogens is 1. The fourth-order valence-electron chi connectivity index (χ4n) is 2.16. The molecule has 0 spiro atoms. The molecule has 0 heterocycles. The van der Waals surface area contributed by atoms with Gasteiger partial charge in [0, 0.05) is 10.7 Å². The molecule has 0 unspecified atom stereocenters. The second-order valence-corrected chi connectivity index (χ2v) is 7.90. The van der Waals surface area contributed by atoms with Gasteiger partial charge in [-0.2, -0.15) is 0 Å². The van der Waals surface area contributed by atoms with Crippen LogP contribution in [0.1, 0.15) is 12.5 Å². The molecule has 2 aromatic rings. The number of amides is 2. The Bertz CT molecular complexity index is 976. The molecule has 0 saturated carbocycles. The van der Waals surface area contributed by atoms with Crippen LogP contribution in [0.3, 0.4) is 0 Å². The molecule has 0 aliphatic heterocycles. The quantitative estimate of drug-likeness (QED) is 0.734. The fourth-order valence-corrected chi connectivity index (χ4v) is 3.30. The zero-order valence-electron chi connectivity index (χ0n) is 15.4. The summed E-state index contributed by atoms with van der Waals surface area (Å²) < 4.78 is 35.6. The van der Waals surface area contributed by atoms with Gasteiger partial charge in [-0.3, -0.25) is 4.79 Å². The van der Waals surface area contributed by atoms with Crippen molar-refractivity contribution in [2.45, 2.75) is 24.8 Å². The van der Waals surface area contributed by atoms with E-state index in [9.17, 15) is 18.0 Å². The van der Waals surface area contributed by atoms with Crippen molar-refractivity contribution >= 4 is 39.3 Å². The molecule has 2 aromatic carbocycles. The highest BCUT2D eigenvalue weighted by molar-refractivity contribution is 7.90. The van der Waals surface area contributed by atoms with Crippen molar-refractivity contribution in [2.24, 2.45) is 0 Å². The van der Waals surface area contributed by atoms with Crippen LogP contribution in [0.4, 0.5) is 10.5 Å². The first kappa shape index (κ1) is 21.5. The molecule has 0 saturated heterocycles. The molecule has 10 heteroatoms. The SMILES string of the molecule is COC(=O)NS(=O)(=O)c1ccc(NC(=O)[C@@H](C)Oc2ccc(Cl)cc2C)cc1. The van der Waals surface area contributed by atoms with E-state index in [-0.39, 0.29) is 4.90 Å². The smallest absolute Gasteiger partial charge is 0.420 e. The summed E-state index contributed by atoms with van der Waals surface area (Å²) in [6.07, 6.45) is -1.90. The molecular formula is C18H19ClN2O6S. The topological polar surface area (TPSA) is 111 Å². The van der Waals surface area contributed by atoms with Crippen LogP contribution in [-0.4, -0.2) is 33.6 Å². The Hall–Kier alpha value is -2.78. The minimum atomic E-state index is -4.05. The summed E-state index contributed by atoms with van der Waals surface area (Å²) in [5.74, 6) is 0.111. The number of rotatable bonds is 6. The van der Waals surface area contributed by atoms with Gasteiger partial charge in [0.1, 0.15) is 5.75 Å². The number of anilines is 1. The summed E-state index contributed by atoms with van der Waals surface area (Å²) in [4.78, 5) is 23.2. The van der Waals surface area contributed by atoms with E-state index >= 15 is 0 Å². The van der Waals surface area contributed by atoms with Crippen molar-refractivity contribution in [3.8, 4) is 5.75 Å². The van der Waals surface area contributed by atoms with Gasteiger partial charge >= 0.3 is 6.09 Å². The zero-order chi connectivity index (χ0) is 20.9. The molecule has 8 nitrogen and oxygen atoms in total. The third kappa shape index (κ3) is 5.61. The van der Waals surface area contributed by atoms with E-state index in [4.69, 9.17) is 16.3 Å². The normalized spacial score (nSPS) is 12.0. The number of nitrogens with one attached hydrogen (secondary N) is 2. The number of aryl methyl sites for hydroxylation is 1.